The number of aliphatic carboxylic acids is 1. The predicted molar refractivity (Wildman–Crippen MR) is 231 cm³/mol. The van der Waals surface area contributed by atoms with E-state index in [1.165, 1.54) is 109 Å². The molecule has 57 heavy (non-hydrogen) atoms. The van der Waals surface area contributed by atoms with Crippen molar-refractivity contribution in [2.24, 2.45) is 5.73 Å². The highest BCUT2D eigenvalue weighted by Gasteiger charge is 2.28. The lowest BCUT2D eigenvalue weighted by Gasteiger charge is -2.20. The van der Waals surface area contributed by atoms with E-state index in [1.54, 1.807) is 0 Å². The Morgan fingerprint density at radius 1 is 0.544 bits per heavy atom. The third-order valence-electron chi connectivity index (χ3n) is 9.95. The van der Waals surface area contributed by atoms with E-state index in [0.29, 0.717) is 12.8 Å². The molecule has 4 N–H and O–H groups in total. The molecule has 1 unspecified atom stereocenters. The number of hydrogen-bond acceptors (Lipinski definition) is 9. The van der Waals surface area contributed by atoms with Crippen LogP contribution in [0.25, 0.3) is 0 Å². The van der Waals surface area contributed by atoms with Crippen molar-refractivity contribution in [1.29, 1.82) is 0 Å². The van der Waals surface area contributed by atoms with Gasteiger partial charge < -0.3 is 25.2 Å². The number of phosphoric ester groups is 1. The number of esters is 2. The zero-order chi connectivity index (χ0) is 42.1. The largest absolute Gasteiger partial charge is 0.480 e. The van der Waals surface area contributed by atoms with Crippen LogP contribution >= 0.6 is 7.82 Å². The summed E-state index contributed by atoms with van der Waals surface area (Å²) in [4.78, 5) is 46.0. The van der Waals surface area contributed by atoms with Crippen molar-refractivity contribution in [2.75, 3.05) is 19.8 Å². The fourth-order valence-corrected chi connectivity index (χ4v) is 7.10. The first-order valence-electron chi connectivity index (χ1n) is 22.9. The van der Waals surface area contributed by atoms with Gasteiger partial charge in [0, 0.05) is 12.8 Å². The number of phosphoric acid groups is 1. The number of carbonyl (C=O) groups excluding carboxylic acids is 2. The summed E-state index contributed by atoms with van der Waals surface area (Å²) < 4.78 is 32.7. The molecule has 0 aromatic carbocycles. The van der Waals surface area contributed by atoms with E-state index < -0.39 is 51.1 Å². The van der Waals surface area contributed by atoms with E-state index in [9.17, 15) is 23.8 Å². The normalized spacial score (nSPS) is 13.9. The quantitative estimate of drug-likeness (QED) is 0.0231. The summed E-state index contributed by atoms with van der Waals surface area (Å²) in [5.74, 6) is -2.39. The maximum Gasteiger partial charge on any atom is 0.472 e. The minimum Gasteiger partial charge on any atom is -0.480 e. The minimum absolute atomic E-state index is 0.148. The van der Waals surface area contributed by atoms with E-state index in [-0.39, 0.29) is 19.4 Å². The fourth-order valence-electron chi connectivity index (χ4n) is 6.32. The SMILES string of the molecule is CCCC/C=C/C/C=C/CCCCCCCC(=O)O[C@@H](COC(=O)CCCCCCCCCCCCCCCCCCCCC)COP(=O)(O)OC[C@@H](N)C(=O)O. The van der Waals surface area contributed by atoms with Gasteiger partial charge in [0.15, 0.2) is 6.10 Å². The topological polar surface area (TPSA) is 172 Å². The molecule has 0 aliphatic carbocycles. The van der Waals surface area contributed by atoms with Crippen LogP contribution in [0.4, 0.5) is 0 Å². The molecular formula is C45H84NO10P. The third-order valence-corrected chi connectivity index (χ3v) is 10.9. The first-order chi connectivity index (χ1) is 27.6. The Morgan fingerprint density at radius 2 is 0.947 bits per heavy atom. The van der Waals surface area contributed by atoms with Crippen molar-refractivity contribution in [3.8, 4) is 0 Å². The molecule has 12 heteroatoms. The second-order valence-electron chi connectivity index (χ2n) is 15.5. The lowest BCUT2D eigenvalue weighted by Crippen LogP contribution is -2.34. The Labute approximate surface area is 347 Å². The average Bonchev–Trinajstić information content (AvgIpc) is 3.19. The molecule has 334 valence electrons. The lowest BCUT2D eigenvalue weighted by atomic mass is 10.0. The van der Waals surface area contributed by atoms with Crippen LogP contribution in [0.5, 0.6) is 0 Å². The molecule has 0 aliphatic heterocycles. The summed E-state index contributed by atoms with van der Waals surface area (Å²) in [6.45, 7) is 2.77. The van der Waals surface area contributed by atoms with Crippen LogP contribution < -0.4 is 5.73 Å². The summed E-state index contributed by atoms with van der Waals surface area (Å²) in [5.41, 5.74) is 5.33. The monoisotopic (exact) mass is 830 g/mol. The number of nitrogens with two attached hydrogens (primary N) is 1. The first-order valence-corrected chi connectivity index (χ1v) is 24.4. The maximum atomic E-state index is 12.6. The molecule has 0 saturated heterocycles. The van der Waals surface area contributed by atoms with E-state index >= 15 is 0 Å². The molecule has 0 aliphatic rings. The molecule has 0 heterocycles. The molecule has 3 atom stereocenters. The van der Waals surface area contributed by atoms with Crippen molar-refractivity contribution in [3.05, 3.63) is 24.3 Å². The van der Waals surface area contributed by atoms with Gasteiger partial charge in [-0.15, -0.1) is 0 Å². The molecule has 0 fully saturated rings. The van der Waals surface area contributed by atoms with Crippen molar-refractivity contribution < 1.29 is 47.5 Å². The van der Waals surface area contributed by atoms with Crippen molar-refractivity contribution in [2.45, 2.75) is 225 Å². The molecular weight excluding hydrogens is 745 g/mol. The van der Waals surface area contributed by atoms with E-state index in [1.807, 2.05) is 0 Å². The number of carboxylic acid groups (broad SMARTS) is 1. The lowest BCUT2D eigenvalue weighted by molar-refractivity contribution is -0.161. The van der Waals surface area contributed by atoms with Crippen LogP contribution in [0.2, 0.25) is 0 Å². The van der Waals surface area contributed by atoms with Crippen LogP contribution in [0, 0.1) is 0 Å². The highest BCUT2D eigenvalue weighted by atomic mass is 31.2. The maximum absolute atomic E-state index is 12.6. The van der Waals surface area contributed by atoms with Gasteiger partial charge in [0.05, 0.1) is 13.2 Å². The van der Waals surface area contributed by atoms with Crippen molar-refractivity contribution >= 4 is 25.7 Å². The van der Waals surface area contributed by atoms with Gasteiger partial charge in [0.2, 0.25) is 0 Å². The van der Waals surface area contributed by atoms with E-state index in [0.717, 1.165) is 64.2 Å². The van der Waals surface area contributed by atoms with Gasteiger partial charge in [0.25, 0.3) is 0 Å². The van der Waals surface area contributed by atoms with Gasteiger partial charge >= 0.3 is 25.7 Å². The van der Waals surface area contributed by atoms with Crippen LogP contribution in [-0.2, 0) is 37.5 Å². The molecule has 0 rings (SSSR count). The Morgan fingerprint density at radius 3 is 1.42 bits per heavy atom. The molecule has 0 amide bonds. The highest BCUT2D eigenvalue weighted by molar-refractivity contribution is 7.47. The Kier molecular flexibility index (Phi) is 39.3. The Hall–Kier alpha value is -2.04. The zero-order valence-corrected chi connectivity index (χ0v) is 37.1. The fraction of sp³-hybridized carbons (Fsp3) is 0.844. The van der Waals surface area contributed by atoms with Gasteiger partial charge in [-0.05, 0) is 38.5 Å². The standard InChI is InChI=1S/C45H84NO10P/c1-3-5-7-9-11-13-15-17-19-20-21-22-23-25-26-28-30-32-34-36-43(47)53-38-41(39-54-57(51,52)55-40-42(46)45(49)50)56-44(48)37-35-33-31-29-27-24-18-16-14-12-10-8-6-4-2/h10,12,16,18,41-42H,3-9,11,13-15,17,19-40,46H2,1-2H3,(H,49,50)(H,51,52)/b12-10+,18-16+/t41-,42+/m0/s1. The number of carboxylic acids is 1. The molecule has 0 aromatic heterocycles. The highest BCUT2D eigenvalue weighted by Crippen LogP contribution is 2.43. The zero-order valence-electron chi connectivity index (χ0n) is 36.2. The number of rotatable bonds is 43. The van der Waals surface area contributed by atoms with Gasteiger partial charge in [0.1, 0.15) is 12.6 Å². The van der Waals surface area contributed by atoms with E-state index in [4.69, 9.17) is 24.8 Å². The molecule has 0 spiro atoms. The minimum atomic E-state index is -4.72. The molecule has 0 saturated carbocycles. The van der Waals surface area contributed by atoms with Crippen LogP contribution in [0.3, 0.4) is 0 Å². The summed E-state index contributed by atoms with van der Waals surface area (Å²) in [7, 11) is -4.72. The van der Waals surface area contributed by atoms with Gasteiger partial charge in [-0.25, -0.2) is 4.57 Å². The molecule has 0 aromatic rings. The van der Waals surface area contributed by atoms with Gasteiger partial charge in [-0.3, -0.25) is 23.4 Å². The van der Waals surface area contributed by atoms with Crippen molar-refractivity contribution in [1.82, 2.24) is 0 Å². The Bertz CT molecular complexity index is 1070. The second-order valence-corrected chi connectivity index (χ2v) is 17.0. The van der Waals surface area contributed by atoms with Crippen LogP contribution in [-0.4, -0.2) is 59.9 Å². The summed E-state index contributed by atoms with van der Waals surface area (Å²) >= 11 is 0. The second kappa shape index (κ2) is 40.7. The van der Waals surface area contributed by atoms with Crippen LogP contribution in [0.1, 0.15) is 213 Å². The Balaban J connectivity index is 4.29. The first kappa shape index (κ1) is 55.0. The summed E-state index contributed by atoms with van der Waals surface area (Å²) in [6.07, 6.45) is 42.4. The van der Waals surface area contributed by atoms with Crippen molar-refractivity contribution in [3.63, 3.8) is 0 Å². The van der Waals surface area contributed by atoms with Gasteiger partial charge in [-0.1, -0.05) is 186 Å². The molecule has 0 bridgehead atoms. The predicted octanol–water partition coefficient (Wildman–Crippen LogP) is 12.2. The van der Waals surface area contributed by atoms with Gasteiger partial charge in [-0.2, -0.15) is 0 Å². The number of ether oxygens (including phenoxy) is 2. The number of allylic oxidation sites excluding steroid dienone is 4. The van der Waals surface area contributed by atoms with E-state index in [2.05, 4.69) is 42.7 Å². The summed E-state index contributed by atoms with van der Waals surface area (Å²) in [6, 6.07) is -1.52. The summed E-state index contributed by atoms with van der Waals surface area (Å²) in [5, 5.41) is 8.89. The van der Waals surface area contributed by atoms with Crippen LogP contribution in [0.15, 0.2) is 24.3 Å². The number of unbranched alkanes of at least 4 members (excludes halogenated alkanes) is 25. The third kappa shape index (κ3) is 40.5. The smallest absolute Gasteiger partial charge is 0.472 e. The molecule has 0 radical (unpaired) electrons. The number of hydrogen-bond donors (Lipinski definition) is 3. The molecule has 11 nitrogen and oxygen atoms in total. The average molecular weight is 830 g/mol. The number of carbonyl (C=O) groups is 3.